The maximum Gasteiger partial charge on any atom is 0.328 e. The van der Waals surface area contributed by atoms with Gasteiger partial charge in [0.25, 0.3) is 0 Å². The summed E-state index contributed by atoms with van der Waals surface area (Å²) >= 11 is 0. The van der Waals surface area contributed by atoms with Crippen LogP contribution in [0.2, 0.25) is 0 Å². The number of carbonyl (C=O) groups excluding carboxylic acids is 2. The molecule has 1 atom stereocenters. The second-order valence-electron chi connectivity index (χ2n) is 12.2. The maximum atomic E-state index is 12.2. The second-order valence-corrected chi connectivity index (χ2v) is 12.2. The van der Waals surface area contributed by atoms with E-state index in [-0.39, 0.29) is 18.4 Å². The van der Waals surface area contributed by atoms with Crippen LogP contribution in [0.3, 0.4) is 0 Å². The summed E-state index contributed by atoms with van der Waals surface area (Å²) in [5.74, 6) is -1.48. The van der Waals surface area contributed by atoms with Gasteiger partial charge in [-0.05, 0) is 12.8 Å². The quantitative estimate of drug-likeness (QED) is 0.0690. The highest BCUT2D eigenvalue weighted by Crippen LogP contribution is 2.14. The number of carbonyl (C=O) groups is 3. The molecular weight excluding hydrogens is 512 g/mol. The molecule has 0 aromatic rings. The minimum Gasteiger partial charge on any atom is -0.480 e. The molecule has 242 valence electrons. The Morgan fingerprint density at radius 1 is 0.463 bits per heavy atom. The Balaban J connectivity index is 3.66. The minimum atomic E-state index is -1.11. The fourth-order valence-electron chi connectivity index (χ4n) is 5.38. The molecule has 0 aliphatic rings. The highest BCUT2D eigenvalue weighted by atomic mass is 16.4. The normalized spacial score (nSPS) is 11.9. The standard InChI is InChI=1S/C35H68N2O4/c1-3-5-7-9-11-13-15-17-19-21-23-25-27-29-33(38)36-31-32(35(40)41)37-34(39)30-28-26-24-22-20-18-16-14-12-10-8-6-4-2/h32H,3-31H2,1-2H3,(H,36,38)(H,37,39)(H,40,41)/t32-/m0/s1. The molecule has 0 spiro atoms. The third-order valence-electron chi connectivity index (χ3n) is 8.15. The van der Waals surface area contributed by atoms with Gasteiger partial charge in [-0.2, -0.15) is 0 Å². The number of amides is 2. The van der Waals surface area contributed by atoms with Crippen molar-refractivity contribution in [2.24, 2.45) is 0 Å². The Bertz CT molecular complexity index is 611. The molecule has 2 amide bonds. The molecule has 0 unspecified atom stereocenters. The Labute approximate surface area is 254 Å². The van der Waals surface area contributed by atoms with Crippen molar-refractivity contribution in [3.63, 3.8) is 0 Å². The third kappa shape index (κ3) is 29.7. The number of unbranched alkanes of at least 4 members (excludes halogenated alkanes) is 24. The van der Waals surface area contributed by atoms with E-state index in [0.29, 0.717) is 12.8 Å². The van der Waals surface area contributed by atoms with Gasteiger partial charge < -0.3 is 15.7 Å². The summed E-state index contributed by atoms with van der Waals surface area (Å²) in [6.07, 6.45) is 33.3. The van der Waals surface area contributed by atoms with Crippen molar-refractivity contribution in [3.05, 3.63) is 0 Å². The average Bonchev–Trinajstić information content (AvgIpc) is 2.95. The zero-order chi connectivity index (χ0) is 30.2. The molecule has 0 radical (unpaired) electrons. The molecule has 0 saturated carbocycles. The molecule has 0 aliphatic heterocycles. The van der Waals surface area contributed by atoms with Gasteiger partial charge in [-0.15, -0.1) is 0 Å². The van der Waals surface area contributed by atoms with Crippen LogP contribution in [0.5, 0.6) is 0 Å². The highest BCUT2D eigenvalue weighted by molar-refractivity contribution is 5.84. The fraction of sp³-hybridized carbons (Fsp3) is 0.914. The Morgan fingerprint density at radius 2 is 0.756 bits per heavy atom. The highest BCUT2D eigenvalue weighted by Gasteiger charge is 2.20. The lowest BCUT2D eigenvalue weighted by Gasteiger charge is -2.15. The van der Waals surface area contributed by atoms with Gasteiger partial charge in [-0.25, -0.2) is 4.79 Å². The monoisotopic (exact) mass is 581 g/mol. The molecule has 3 N–H and O–H groups in total. The van der Waals surface area contributed by atoms with Gasteiger partial charge in [0.05, 0.1) is 0 Å². The lowest BCUT2D eigenvalue weighted by Crippen LogP contribution is -2.48. The first-order chi connectivity index (χ1) is 20.0. The van der Waals surface area contributed by atoms with E-state index in [1.807, 2.05) is 0 Å². The van der Waals surface area contributed by atoms with Gasteiger partial charge >= 0.3 is 5.97 Å². The van der Waals surface area contributed by atoms with E-state index in [0.717, 1.165) is 38.5 Å². The van der Waals surface area contributed by atoms with Crippen molar-refractivity contribution < 1.29 is 19.5 Å². The Morgan fingerprint density at radius 3 is 1.07 bits per heavy atom. The molecule has 0 fully saturated rings. The Hall–Kier alpha value is -1.59. The lowest BCUT2D eigenvalue weighted by molar-refractivity contribution is -0.141. The van der Waals surface area contributed by atoms with Crippen molar-refractivity contribution in [1.82, 2.24) is 10.6 Å². The molecular formula is C35H68N2O4. The molecule has 0 aromatic heterocycles. The largest absolute Gasteiger partial charge is 0.480 e. The predicted octanol–water partition coefficient (Wildman–Crippen LogP) is 9.63. The summed E-state index contributed by atoms with van der Waals surface area (Å²) in [6.45, 7) is 4.45. The zero-order valence-corrected chi connectivity index (χ0v) is 27.3. The summed E-state index contributed by atoms with van der Waals surface area (Å²) in [5.41, 5.74) is 0. The number of carboxylic acids is 1. The van der Waals surface area contributed by atoms with Gasteiger partial charge in [-0.3, -0.25) is 9.59 Å². The summed E-state index contributed by atoms with van der Waals surface area (Å²) < 4.78 is 0. The molecule has 0 bridgehead atoms. The van der Waals surface area contributed by atoms with Crippen LogP contribution in [0.1, 0.15) is 194 Å². The first kappa shape index (κ1) is 39.4. The van der Waals surface area contributed by atoms with E-state index < -0.39 is 12.0 Å². The second kappa shape index (κ2) is 31.3. The van der Waals surface area contributed by atoms with Gasteiger partial charge in [0.15, 0.2) is 0 Å². The van der Waals surface area contributed by atoms with E-state index in [1.165, 1.54) is 128 Å². The molecule has 0 aromatic carbocycles. The van der Waals surface area contributed by atoms with Crippen LogP contribution in [-0.4, -0.2) is 35.5 Å². The van der Waals surface area contributed by atoms with E-state index in [4.69, 9.17) is 0 Å². The van der Waals surface area contributed by atoms with Crippen LogP contribution >= 0.6 is 0 Å². The van der Waals surface area contributed by atoms with Crippen LogP contribution in [0.15, 0.2) is 0 Å². The van der Waals surface area contributed by atoms with Gasteiger partial charge in [-0.1, -0.05) is 168 Å². The van der Waals surface area contributed by atoms with Crippen molar-refractivity contribution in [1.29, 1.82) is 0 Å². The fourth-order valence-corrected chi connectivity index (χ4v) is 5.38. The van der Waals surface area contributed by atoms with Gasteiger partial charge in [0.1, 0.15) is 6.04 Å². The molecule has 6 heteroatoms. The van der Waals surface area contributed by atoms with Gasteiger partial charge in [0.2, 0.25) is 11.8 Å². The zero-order valence-electron chi connectivity index (χ0n) is 27.3. The summed E-state index contributed by atoms with van der Waals surface area (Å²) in [6, 6.07) is -1.07. The molecule has 0 heterocycles. The third-order valence-corrected chi connectivity index (χ3v) is 8.15. The van der Waals surface area contributed by atoms with Crippen molar-refractivity contribution in [2.75, 3.05) is 6.54 Å². The number of aliphatic carboxylic acids is 1. The summed E-state index contributed by atoms with van der Waals surface area (Å²) in [5, 5.41) is 14.7. The van der Waals surface area contributed by atoms with Crippen LogP contribution in [0, 0.1) is 0 Å². The smallest absolute Gasteiger partial charge is 0.328 e. The van der Waals surface area contributed by atoms with Crippen molar-refractivity contribution in [2.45, 2.75) is 200 Å². The van der Waals surface area contributed by atoms with Crippen molar-refractivity contribution in [3.8, 4) is 0 Å². The Kier molecular flexibility index (Phi) is 30.1. The van der Waals surface area contributed by atoms with Crippen LogP contribution in [-0.2, 0) is 14.4 Å². The SMILES string of the molecule is CCCCCCCCCCCCCCCC(=O)NC[C@H](NC(=O)CCCCCCCCCCCCCCC)C(=O)O. The topological polar surface area (TPSA) is 95.5 Å². The number of carboxylic acid groups (broad SMARTS) is 1. The summed E-state index contributed by atoms with van der Waals surface area (Å²) in [7, 11) is 0. The first-order valence-electron chi connectivity index (χ1n) is 17.8. The molecule has 6 nitrogen and oxygen atoms in total. The van der Waals surface area contributed by atoms with Gasteiger partial charge in [0, 0.05) is 19.4 Å². The lowest BCUT2D eigenvalue weighted by atomic mass is 10.0. The maximum absolute atomic E-state index is 12.2. The number of hydrogen-bond acceptors (Lipinski definition) is 3. The number of nitrogens with one attached hydrogen (secondary N) is 2. The van der Waals surface area contributed by atoms with E-state index in [9.17, 15) is 19.5 Å². The predicted molar refractivity (Wildman–Crippen MR) is 173 cm³/mol. The average molecular weight is 581 g/mol. The molecule has 0 aliphatic carbocycles. The van der Waals surface area contributed by atoms with Crippen LogP contribution in [0.4, 0.5) is 0 Å². The van der Waals surface area contributed by atoms with E-state index in [1.54, 1.807) is 0 Å². The minimum absolute atomic E-state index is 0.0586. The summed E-state index contributed by atoms with van der Waals surface area (Å²) in [4.78, 5) is 35.9. The van der Waals surface area contributed by atoms with Crippen LogP contribution < -0.4 is 10.6 Å². The molecule has 0 rings (SSSR count). The number of rotatable bonds is 32. The molecule has 41 heavy (non-hydrogen) atoms. The van der Waals surface area contributed by atoms with E-state index >= 15 is 0 Å². The molecule has 0 saturated heterocycles. The number of hydrogen-bond donors (Lipinski definition) is 3. The van der Waals surface area contributed by atoms with Crippen LogP contribution in [0.25, 0.3) is 0 Å². The van der Waals surface area contributed by atoms with Crippen molar-refractivity contribution >= 4 is 17.8 Å². The first-order valence-corrected chi connectivity index (χ1v) is 17.8. The van der Waals surface area contributed by atoms with E-state index in [2.05, 4.69) is 24.5 Å².